The van der Waals surface area contributed by atoms with E-state index < -0.39 is 11.9 Å². The van der Waals surface area contributed by atoms with Gasteiger partial charge in [0.2, 0.25) is 0 Å². The van der Waals surface area contributed by atoms with E-state index >= 15 is 0 Å². The van der Waals surface area contributed by atoms with Crippen LogP contribution in [0.3, 0.4) is 0 Å². The van der Waals surface area contributed by atoms with Gasteiger partial charge in [0.15, 0.2) is 5.69 Å². The summed E-state index contributed by atoms with van der Waals surface area (Å²) in [5, 5.41) is 3.13. The SMILES string of the molecule is CC(C)c1[nH]c(C2CCNC2)nc1C(F)(F)F. The van der Waals surface area contributed by atoms with Crippen LogP contribution < -0.4 is 5.32 Å². The van der Waals surface area contributed by atoms with E-state index in [-0.39, 0.29) is 17.5 Å². The first-order valence-electron chi connectivity index (χ1n) is 5.77. The third-order valence-corrected chi connectivity index (χ3v) is 3.04. The average molecular weight is 247 g/mol. The predicted octanol–water partition coefficient (Wildman–Crippen LogP) is 2.63. The first kappa shape index (κ1) is 12.4. The van der Waals surface area contributed by atoms with E-state index in [0.717, 1.165) is 13.0 Å². The van der Waals surface area contributed by atoms with Crippen LogP contribution in [0, 0.1) is 0 Å². The fourth-order valence-corrected chi connectivity index (χ4v) is 2.12. The Kier molecular flexibility index (Phi) is 3.16. The maximum atomic E-state index is 12.8. The van der Waals surface area contributed by atoms with Crippen LogP contribution in [0.2, 0.25) is 0 Å². The Balaban J connectivity index is 2.37. The average Bonchev–Trinajstić information content (AvgIpc) is 2.85. The third-order valence-electron chi connectivity index (χ3n) is 3.04. The Morgan fingerprint density at radius 3 is 2.47 bits per heavy atom. The number of hydrogen-bond acceptors (Lipinski definition) is 2. The molecule has 0 aliphatic carbocycles. The molecule has 2 rings (SSSR count). The first-order chi connectivity index (χ1) is 7.89. The van der Waals surface area contributed by atoms with Gasteiger partial charge < -0.3 is 10.3 Å². The maximum absolute atomic E-state index is 12.8. The molecule has 2 N–H and O–H groups in total. The van der Waals surface area contributed by atoms with Crippen LogP contribution in [0.1, 0.15) is 49.3 Å². The molecule has 1 fully saturated rings. The summed E-state index contributed by atoms with van der Waals surface area (Å²) in [6.07, 6.45) is -3.54. The van der Waals surface area contributed by atoms with Crippen molar-refractivity contribution in [3.63, 3.8) is 0 Å². The minimum atomic E-state index is -4.37. The Bertz CT molecular complexity index is 389. The van der Waals surface area contributed by atoms with Gasteiger partial charge in [-0.1, -0.05) is 13.8 Å². The number of halogens is 3. The predicted molar refractivity (Wildman–Crippen MR) is 57.9 cm³/mol. The minimum Gasteiger partial charge on any atom is -0.345 e. The van der Waals surface area contributed by atoms with Crippen LogP contribution in [-0.2, 0) is 6.18 Å². The van der Waals surface area contributed by atoms with Crippen LogP contribution in [0.15, 0.2) is 0 Å². The van der Waals surface area contributed by atoms with E-state index in [2.05, 4.69) is 15.3 Å². The zero-order valence-corrected chi connectivity index (χ0v) is 9.86. The number of nitrogens with zero attached hydrogens (tertiary/aromatic N) is 1. The van der Waals surface area contributed by atoms with Crippen LogP contribution in [0.5, 0.6) is 0 Å². The van der Waals surface area contributed by atoms with Crippen molar-refractivity contribution in [2.45, 2.75) is 38.3 Å². The molecule has 6 heteroatoms. The van der Waals surface area contributed by atoms with Crippen molar-refractivity contribution >= 4 is 0 Å². The van der Waals surface area contributed by atoms with Gasteiger partial charge in [-0.2, -0.15) is 13.2 Å². The molecule has 1 atom stereocenters. The number of nitrogens with one attached hydrogen (secondary N) is 2. The van der Waals surface area contributed by atoms with Crippen molar-refractivity contribution in [2.24, 2.45) is 0 Å². The smallest absolute Gasteiger partial charge is 0.345 e. The summed E-state index contributed by atoms with van der Waals surface area (Å²) in [5.41, 5.74) is -0.561. The Labute approximate surface area is 97.8 Å². The van der Waals surface area contributed by atoms with Gasteiger partial charge in [0.1, 0.15) is 5.82 Å². The first-order valence-corrected chi connectivity index (χ1v) is 5.77. The fraction of sp³-hybridized carbons (Fsp3) is 0.727. The molecule has 96 valence electrons. The van der Waals surface area contributed by atoms with Gasteiger partial charge in [-0.05, 0) is 18.9 Å². The second kappa shape index (κ2) is 4.33. The highest BCUT2D eigenvalue weighted by molar-refractivity contribution is 5.23. The highest BCUT2D eigenvalue weighted by atomic mass is 19.4. The number of aromatic amines is 1. The summed E-state index contributed by atoms with van der Waals surface area (Å²) < 4.78 is 38.4. The summed E-state index contributed by atoms with van der Waals surface area (Å²) in [4.78, 5) is 6.62. The van der Waals surface area contributed by atoms with E-state index in [0.29, 0.717) is 12.4 Å². The van der Waals surface area contributed by atoms with Gasteiger partial charge in [-0.15, -0.1) is 0 Å². The number of H-pyrrole nitrogens is 1. The van der Waals surface area contributed by atoms with Gasteiger partial charge in [0.25, 0.3) is 0 Å². The van der Waals surface area contributed by atoms with Gasteiger partial charge in [0.05, 0.1) is 0 Å². The molecule has 1 aliphatic rings. The van der Waals surface area contributed by atoms with Gasteiger partial charge >= 0.3 is 6.18 Å². The lowest BCUT2D eigenvalue weighted by molar-refractivity contribution is -0.141. The van der Waals surface area contributed by atoms with E-state index in [4.69, 9.17) is 0 Å². The summed E-state index contributed by atoms with van der Waals surface area (Å²) in [5.74, 6) is 0.330. The van der Waals surface area contributed by atoms with E-state index in [1.807, 2.05) is 0 Å². The zero-order valence-electron chi connectivity index (χ0n) is 9.86. The second-order valence-electron chi connectivity index (χ2n) is 4.73. The number of hydrogen-bond donors (Lipinski definition) is 2. The quantitative estimate of drug-likeness (QED) is 0.843. The van der Waals surface area contributed by atoms with E-state index in [1.165, 1.54) is 0 Å². The molecule has 0 saturated carbocycles. The number of imidazole rings is 1. The van der Waals surface area contributed by atoms with Gasteiger partial charge in [0, 0.05) is 18.2 Å². The van der Waals surface area contributed by atoms with Crippen LogP contribution in [0.25, 0.3) is 0 Å². The van der Waals surface area contributed by atoms with Crippen molar-refractivity contribution in [3.8, 4) is 0 Å². The zero-order chi connectivity index (χ0) is 12.6. The molecule has 2 heterocycles. The standard InChI is InChI=1S/C11H16F3N3/c1-6(2)8-9(11(12,13)14)17-10(16-8)7-3-4-15-5-7/h6-7,15H,3-5H2,1-2H3,(H,16,17). The molecule has 1 aromatic rings. The molecule has 0 aromatic carbocycles. The molecule has 1 saturated heterocycles. The van der Waals surface area contributed by atoms with Crippen LogP contribution >= 0.6 is 0 Å². The highest BCUT2D eigenvalue weighted by Gasteiger charge is 2.38. The summed E-state index contributed by atoms with van der Waals surface area (Å²) >= 11 is 0. The molecule has 0 spiro atoms. The molecule has 17 heavy (non-hydrogen) atoms. The van der Waals surface area contributed by atoms with Crippen LogP contribution in [0.4, 0.5) is 13.2 Å². The fourth-order valence-electron chi connectivity index (χ4n) is 2.12. The molecular formula is C11H16F3N3. The van der Waals surface area contributed by atoms with Gasteiger partial charge in [-0.25, -0.2) is 4.98 Å². The van der Waals surface area contributed by atoms with Crippen molar-refractivity contribution in [3.05, 3.63) is 17.2 Å². The molecular weight excluding hydrogens is 231 g/mol. The Hall–Kier alpha value is -1.04. The molecule has 3 nitrogen and oxygen atoms in total. The largest absolute Gasteiger partial charge is 0.435 e. The molecule has 1 aliphatic heterocycles. The molecule has 1 aromatic heterocycles. The molecule has 1 unspecified atom stereocenters. The maximum Gasteiger partial charge on any atom is 0.435 e. The minimum absolute atomic E-state index is 0.0728. The lowest BCUT2D eigenvalue weighted by Crippen LogP contribution is -2.10. The summed E-state index contributed by atoms with van der Waals surface area (Å²) in [7, 11) is 0. The third kappa shape index (κ3) is 2.46. The number of alkyl halides is 3. The monoisotopic (exact) mass is 247 g/mol. The Morgan fingerprint density at radius 1 is 1.35 bits per heavy atom. The van der Waals surface area contributed by atoms with E-state index in [1.54, 1.807) is 13.8 Å². The highest BCUT2D eigenvalue weighted by Crippen LogP contribution is 2.35. The number of aromatic nitrogens is 2. The van der Waals surface area contributed by atoms with Crippen molar-refractivity contribution in [2.75, 3.05) is 13.1 Å². The summed E-state index contributed by atoms with van der Waals surface area (Å²) in [6, 6.07) is 0. The number of rotatable bonds is 2. The van der Waals surface area contributed by atoms with Crippen molar-refractivity contribution in [1.29, 1.82) is 0 Å². The van der Waals surface area contributed by atoms with Crippen molar-refractivity contribution < 1.29 is 13.2 Å². The van der Waals surface area contributed by atoms with Crippen molar-refractivity contribution in [1.82, 2.24) is 15.3 Å². The topological polar surface area (TPSA) is 40.7 Å². The second-order valence-corrected chi connectivity index (χ2v) is 4.73. The van der Waals surface area contributed by atoms with E-state index in [9.17, 15) is 13.2 Å². The molecule has 0 amide bonds. The lowest BCUT2D eigenvalue weighted by Gasteiger charge is -2.08. The Morgan fingerprint density at radius 2 is 2.06 bits per heavy atom. The lowest BCUT2D eigenvalue weighted by atomic mass is 10.1. The summed E-state index contributed by atoms with van der Waals surface area (Å²) in [6.45, 7) is 5.00. The normalized spacial score (nSPS) is 21.4. The molecule has 0 bridgehead atoms. The molecule has 0 radical (unpaired) electrons. The van der Waals surface area contributed by atoms with Gasteiger partial charge in [-0.3, -0.25) is 0 Å². The van der Waals surface area contributed by atoms with Crippen LogP contribution in [-0.4, -0.2) is 23.1 Å².